The Morgan fingerprint density at radius 2 is 2.11 bits per heavy atom. The molecule has 2 N–H and O–H groups in total. The molecule has 1 aromatic heterocycles. The van der Waals surface area contributed by atoms with Gasteiger partial charge in [-0.25, -0.2) is 4.79 Å². The standard InChI is InChI=1S/C19H23N3O5/c1-13-9-22(19(25)21-18(13)24)10-17(23)20-15-12-26-8-7-16(15)27-11-14-5-3-2-4-6-14/h2-6,9,15-16H,7-8,10-12H2,1H3,(H,20,23)(H,21,24,25)/t15-,16+/m1/s1. The molecule has 2 aromatic rings. The average Bonchev–Trinajstić information content (AvgIpc) is 2.66. The second-order valence-corrected chi connectivity index (χ2v) is 6.57. The minimum atomic E-state index is -0.613. The lowest BCUT2D eigenvalue weighted by molar-refractivity contribution is -0.127. The third-order valence-electron chi connectivity index (χ3n) is 4.45. The van der Waals surface area contributed by atoms with Crippen LogP contribution in [0.2, 0.25) is 0 Å². The fraction of sp³-hybridized carbons (Fsp3) is 0.421. The number of rotatable bonds is 6. The molecule has 0 bridgehead atoms. The maximum atomic E-state index is 12.4. The highest BCUT2D eigenvalue weighted by Crippen LogP contribution is 2.14. The summed E-state index contributed by atoms with van der Waals surface area (Å²) in [6.07, 6.45) is 1.88. The van der Waals surface area contributed by atoms with E-state index in [-0.39, 0.29) is 24.6 Å². The fourth-order valence-corrected chi connectivity index (χ4v) is 2.97. The number of carbonyl (C=O) groups is 1. The molecule has 2 heterocycles. The number of nitrogens with one attached hydrogen (secondary N) is 2. The van der Waals surface area contributed by atoms with Crippen LogP contribution in [0, 0.1) is 6.92 Å². The Bertz CT molecular complexity index is 890. The monoisotopic (exact) mass is 373 g/mol. The van der Waals surface area contributed by atoms with E-state index in [0.717, 1.165) is 5.56 Å². The van der Waals surface area contributed by atoms with Crippen LogP contribution in [0.5, 0.6) is 0 Å². The molecule has 144 valence electrons. The Balaban J connectivity index is 1.60. The number of aromatic amines is 1. The Labute approximate surface area is 156 Å². The molecule has 1 fully saturated rings. The van der Waals surface area contributed by atoms with E-state index in [2.05, 4.69) is 10.3 Å². The van der Waals surface area contributed by atoms with Gasteiger partial charge in [0.15, 0.2) is 0 Å². The van der Waals surface area contributed by atoms with Crippen molar-refractivity contribution in [2.75, 3.05) is 13.2 Å². The first kappa shape index (κ1) is 19.1. The van der Waals surface area contributed by atoms with Gasteiger partial charge in [-0.3, -0.25) is 19.1 Å². The Kier molecular flexibility index (Phi) is 6.20. The lowest BCUT2D eigenvalue weighted by Gasteiger charge is -2.32. The zero-order chi connectivity index (χ0) is 19.2. The molecule has 3 rings (SSSR count). The third kappa shape index (κ3) is 5.15. The summed E-state index contributed by atoms with van der Waals surface area (Å²) in [5.74, 6) is -0.340. The van der Waals surface area contributed by atoms with Crippen LogP contribution in [-0.4, -0.2) is 40.8 Å². The number of ether oxygens (including phenoxy) is 2. The van der Waals surface area contributed by atoms with Crippen molar-refractivity contribution in [2.24, 2.45) is 0 Å². The van der Waals surface area contributed by atoms with Crippen molar-refractivity contribution in [3.8, 4) is 0 Å². The quantitative estimate of drug-likeness (QED) is 0.760. The molecule has 0 aliphatic carbocycles. The van der Waals surface area contributed by atoms with E-state index < -0.39 is 11.2 Å². The second kappa shape index (κ2) is 8.79. The van der Waals surface area contributed by atoms with Gasteiger partial charge in [0.1, 0.15) is 6.54 Å². The largest absolute Gasteiger partial charge is 0.379 e. The molecule has 1 aliphatic heterocycles. The van der Waals surface area contributed by atoms with E-state index in [1.807, 2.05) is 30.3 Å². The first-order valence-electron chi connectivity index (χ1n) is 8.86. The van der Waals surface area contributed by atoms with Gasteiger partial charge < -0.3 is 14.8 Å². The second-order valence-electron chi connectivity index (χ2n) is 6.57. The minimum Gasteiger partial charge on any atom is -0.379 e. The third-order valence-corrected chi connectivity index (χ3v) is 4.45. The number of hydrogen-bond acceptors (Lipinski definition) is 5. The summed E-state index contributed by atoms with van der Waals surface area (Å²) in [6.45, 7) is 2.78. The molecule has 1 aromatic carbocycles. The number of benzene rings is 1. The van der Waals surface area contributed by atoms with Crippen LogP contribution in [0.15, 0.2) is 46.1 Å². The van der Waals surface area contributed by atoms with Gasteiger partial charge in [0.2, 0.25) is 5.91 Å². The van der Waals surface area contributed by atoms with Gasteiger partial charge >= 0.3 is 5.69 Å². The van der Waals surface area contributed by atoms with Crippen molar-refractivity contribution < 1.29 is 14.3 Å². The maximum Gasteiger partial charge on any atom is 0.328 e. The van der Waals surface area contributed by atoms with Crippen molar-refractivity contribution in [3.63, 3.8) is 0 Å². The maximum absolute atomic E-state index is 12.4. The molecular formula is C19H23N3O5. The predicted octanol–water partition coefficient (Wildman–Crippen LogP) is 0.336. The van der Waals surface area contributed by atoms with E-state index in [0.29, 0.717) is 31.8 Å². The first-order valence-corrected chi connectivity index (χ1v) is 8.86. The molecular weight excluding hydrogens is 350 g/mol. The van der Waals surface area contributed by atoms with Crippen LogP contribution < -0.4 is 16.6 Å². The predicted molar refractivity (Wildman–Crippen MR) is 98.4 cm³/mol. The van der Waals surface area contributed by atoms with Crippen molar-refractivity contribution in [1.29, 1.82) is 0 Å². The number of H-pyrrole nitrogens is 1. The Morgan fingerprint density at radius 1 is 1.33 bits per heavy atom. The van der Waals surface area contributed by atoms with Gasteiger partial charge in [-0.1, -0.05) is 30.3 Å². The average molecular weight is 373 g/mol. The number of amides is 1. The molecule has 1 saturated heterocycles. The SMILES string of the molecule is Cc1cn(CC(=O)N[C@@H]2COCC[C@@H]2OCc2ccccc2)c(=O)[nH]c1=O. The van der Waals surface area contributed by atoms with Crippen LogP contribution in [0.25, 0.3) is 0 Å². The molecule has 27 heavy (non-hydrogen) atoms. The topological polar surface area (TPSA) is 102 Å². The molecule has 1 aliphatic rings. The molecule has 0 radical (unpaired) electrons. The summed E-state index contributed by atoms with van der Waals surface area (Å²) < 4.78 is 12.6. The van der Waals surface area contributed by atoms with Crippen LogP contribution in [0.4, 0.5) is 0 Å². The molecule has 8 heteroatoms. The van der Waals surface area contributed by atoms with Crippen LogP contribution in [-0.2, 0) is 27.4 Å². The van der Waals surface area contributed by atoms with Gasteiger partial charge in [-0.05, 0) is 18.9 Å². The zero-order valence-corrected chi connectivity index (χ0v) is 15.1. The molecule has 1 amide bonds. The highest BCUT2D eigenvalue weighted by molar-refractivity contribution is 5.76. The minimum absolute atomic E-state index is 0.169. The highest BCUT2D eigenvalue weighted by atomic mass is 16.5. The number of nitrogens with zero attached hydrogens (tertiary/aromatic N) is 1. The first-order chi connectivity index (χ1) is 13.0. The molecule has 2 atom stereocenters. The van der Waals surface area contributed by atoms with Crippen molar-refractivity contribution in [1.82, 2.24) is 14.9 Å². The van der Waals surface area contributed by atoms with Gasteiger partial charge in [0.05, 0.1) is 25.4 Å². The number of hydrogen-bond donors (Lipinski definition) is 2. The molecule has 0 unspecified atom stereocenters. The molecule has 0 spiro atoms. The number of aryl methyl sites for hydroxylation is 1. The normalized spacial score (nSPS) is 19.6. The highest BCUT2D eigenvalue weighted by Gasteiger charge is 2.28. The summed E-state index contributed by atoms with van der Waals surface area (Å²) in [6, 6.07) is 9.52. The Hall–Kier alpha value is -2.71. The van der Waals surface area contributed by atoms with E-state index in [4.69, 9.17) is 9.47 Å². The summed E-state index contributed by atoms with van der Waals surface area (Å²) >= 11 is 0. The smallest absolute Gasteiger partial charge is 0.328 e. The number of aromatic nitrogens is 2. The van der Waals surface area contributed by atoms with Crippen LogP contribution >= 0.6 is 0 Å². The van der Waals surface area contributed by atoms with Gasteiger partial charge in [-0.2, -0.15) is 0 Å². The lowest BCUT2D eigenvalue weighted by atomic mass is 10.1. The van der Waals surface area contributed by atoms with Gasteiger partial charge in [0, 0.05) is 18.4 Å². The summed E-state index contributed by atoms with van der Waals surface area (Å²) in [4.78, 5) is 37.8. The number of carbonyl (C=O) groups excluding carboxylic acids is 1. The van der Waals surface area contributed by atoms with Gasteiger partial charge in [0.25, 0.3) is 5.56 Å². The molecule has 0 saturated carbocycles. The zero-order valence-electron chi connectivity index (χ0n) is 15.1. The van der Waals surface area contributed by atoms with Crippen molar-refractivity contribution in [2.45, 2.75) is 38.6 Å². The van der Waals surface area contributed by atoms with Crippen LogP contribution in [0.3, 0.4) is 0 Å². The summed E-state index contributed by atoms with van der Waals surface area (Å²) in [5, 5.41) is 2.87. The summed E-state index contributed by atoms with van der Waals surface area (Å²) in [7, 11) is 0. The molecule has 8 nitrogen and oxygen atoms in total. The van der Waals surface area contributed by atoms with Gasteiger partial charge in [-0.15, -0.1) is 0 Å². The van der Waals surface area contributed by atoms with Crippen molar-refractivity contribution in [3.05, 3.63) is 68.5 Å². The fourth-order valence-electron chi connectivity index (χ4n) is 2.97. The van der Waals surface area contributed by atoms with Crippen LogP contribution in [0.1, 0.15) is 17.5 Å². The van der Waals surface area contributed by atoms with E-state index in [9.17, 15) is 14.4 Å². The van der Waals surface area contributed by atoms with E-state index in [1.165, 1.54) is 10.8 Å². The Morgan fingerprint density at radius 3 is 2.89 bits per heavy atom. The van der Waals surface area contributed by atoms with Crippen molar-refractivity contribution >= 4 is 5.91 Å². The summed E-state index contributed by atoms with van der Waals surface area (Å²) in [5.41, 5.74) is 0.362. The van der Waals surface area contributed by atoms with E-state index in [1.54, 1.807) is 6.92 Å². The van der Waals surface area contributed by atoms with E-state index >= 15 is 0 Å². The lowest BCUT2D eigenvalue weighted by Crippen LogP contribution is -2.51.